The van der Waals surface area contributed by atoms with Crippen molar-refractivity contribution in [3.63, 3.8) is 0 Å². The van der Waals surface area contributed by atoms with E-state index in [9.17, 15) is 4.39 Å². The van der Waals surface area contributed by atoms with Crippen LogP contribution in [-0.2, 0) is 6.42 Å². The number of ether oxygens (including phenoxy) is 1. The lowest BCUT2D eigenvalue weighted by Gasteiger charge is -2.07. The number of hydrogen-bond donors (Lipinski definition) is 1. The van der Waals surface area contributed by atoms with E-state index in [1.54, 1.807) is 12.4 Å². The molecule has 0 fully saturated rings. The van der Waals surface area contributed by atoms with E-state index < -0.39 is 0 Å². The average Bonchev–Trinajstić information content (AvgIpc) is 3.06. The molecule has 111 valence electrons. The number of aromatic amines is 1. The first-order valence-corrected chi connectivity index (χ1v) is 7.19. The number of hydrogen-bond acceptors (Lipinski definition) is 2. The molecule has 1 heterocycles. The second-order valence-corrected chi connectivity index (χ2v) is 4.96. The van der Waals surface area contributed by atoms with Crippen molar-refractivity contribution >= 4 is 0 Å². The van der Waals surface area contributed by atoms with E-state index >= 15 is 0 Å². The Morgan fingerprint density at radius 1 is 1.18 bits per heavy atom. The van der Waals surface area contributed by atoms with Crippen molar-refractivity contribution in [1.82, 2.24) is 9.97 Å². The molecule has 22 heavy (non-hydrogen) atoms. The van der Waals surface area contributed by atoms with Crippen LogP contribution in [0.3, 0.4) is 0 Å². The minimum atomic E-state index is -0.257. The molecule has 0 saturated heterocycles. The fourth-order valence-electron chi connectivity index (χ4n) is 2.21. The van der Waals surface area contributed by atoms with Gasteiger partial charge in [-0.15, -0.1) is 0 Å². The lowest BCUT2D eigenvalue weighted by Crippen LogP contribution is -1.99. The molecule has 0 spiro atoms. The van der Waals surface area contributed by atoms with Gasteiger partial charge in [0.05, 0.1) is 18.6 Å². The third kappa shape index (κ3) is 3.73. The van der Waals surface area contributed by atoms with Crippen molar-refractivity contribution in [2.45, 2.75) is 12.8 Å². The van der Waals surface area contributed by atoms with E-state index in [1.807, 2.05) is 30.5 Å². The molecule has 3 nitrogen and oxygen atoms in total. The number of H-pyrrole nitrogens is 1. The second-order valence-electron chi connectivity index (χ2n) is 4.96. The summed E-state index contributed by atoms with van der Waals surface area (Å²) in [6.07, 6.45) is 5.37. The first kappa shape index (κ1) is 14.3. The lowest BCUT2D eigenvalue weighted by molar-refractivity contribution is 0.310. The van der Waals surface area contributed by atoms with Crippen LogP contribution in [0.15, 0.2) is 55.0 Å². The topological polar surface area (TPSA) is 37.9 Å². The Balaban J connectivity index is 1.53. The summed E-state index contributed by atoms with van der Waals surface area (Å²) in [7, 11) is 0. The fraction of sp³-hybridized carbons (Fsp3) is 0.167. The van der Waals surface area contributed by atoms with Crippen LogP contribution in [0, 0.1) is 11.9 Å². The van der Waals surface area contributed by atoms with E-state index in [-0.39, 0.29) is 5.82 Å². The maximum Gasteiger partial charge on any atom is 0.123 e. The highest BCUT2D eigenvalue weighted by Crippen LogP contribution is 2.22. The van der Waals surface area contributed by atoms with E-state index in [4.69, 9.17) is 4.74 Å². The minimum absolute atomic E-state index is 0.257. The minimum Gasteiger partial charge on any atom is -0.494 e. The molecular weight excluding hydrogens is 279 g/mol. The average molecular weight is 295 g/mol. The molecule has 0 atom stereocenters. The first-order chi connectivity index (χ1) is 10.8. The van der Waals surface area contributed by atoms with Crippen molar-refractivity contribution in [2.24, 2.45) is 0 Å². The largest absolute Gasteiger partial charge is 0.494 e. The van der Waals surface area contributed by atoms with Crippen LogP contribution in [0.2, 0.25) is 0 Å². The summed E-state index contributed by atoms with van der Waals surface area (Å²) < 4.78 is 18.9. The van der Waals surface area contributed by atoms with Gasteiger partial charge in [0, 0.05) is 6.20 Å². The van der Waals surface area contributed by atoms with Crippen molar-refractivity contribution in [1.29, 1.82) is 0 Å². The lowest BCUT2D eigenvalue weighted by atomic mass is 10.1. The van der Waals surface area contributed by atoms with E-state index in [2.05, 4.69) is 16.0 Å². The summed E-state index contributed by atoms with van der Waals surface area (Å²) in [5.74, 6) is 0.551. The molecule has 0 saturated carbocycles. The van der Waals surface area contributed by atoms with Crippen LogP contribution >= 0.6 is 0 Å². The van der Waals surface area contributed by atoms with Crippen LogP contribution < -0.4 is 4.74 Å². The smallest absolute Gasteiger partial charge is 0.123 e. The van der Waals surface area contributed by atoms with Gasteiger partial charge >= 0.3 is 0 Å². The van der Waals surface area contributed by atoms with Gasteiger partial charge in [-0.05, 0) is 54.3 Å². The van der Waals surface area contributed by atoms with Crippen molar-refractivity contribution < 1.29 is 9.13 Å². The van der Waals surface area contributed by atoms with Crippen molar-refractivity contribution in [3.05, 3.63) is 72.6 Å². The van der Waals surface area contributed by atoms with Crippen LogP contribution in [0.1, 0.15) is 12.1 Å². The summed E-state index contributed by atoms with van der Waals surface area (Å²) in [5, 5.41) is 0. The predicted octanol–water partition coefficient (Wildman–Crippen LogP) is 4.03. The van der Waals surface area contributed by atoms with E-state index in [0.29, 0.717) is 6.61 Å². The standard InChI is InChI=1S/C18H16FN2O/c19-16-4-1-3-15(11-16)14-6-8-18(9-7-14)22-10-2-5-17-12-20-13-21-17/h1,4,6-9,11-13H,2,5,10H2,(H,20,21). The zero-order valence-corrected chi connectivity index (χ0v) is 12.1. The van der Waals surface area contributed by atoms with Gasteiger partial charge in [0.2, 0.25) is 0 Å². The molecule has 1 aromatic heterocycles. The molecule has 0 aliphatic heterocycles. The first-order valence-electron chi connectivity index (χ1n) is 7.19. The van der Waals surface area contributed by atoms with Crippen LogP contribution in [0.25, 0.3) is 11.1 Å². The maximum absolute atomic E-state index is 13.2. The second kappa shape index (κ2) is 6.89. The van der Waals surface area contributed by atoms with Gasteiger partial charge in [-0.25, -0.2) is 9.37 Å². The third-order valence-corrected chi connectivity index (χ3v) is 3.33. The van der Waals surface area contributed by atoms with Gasteiger partial charge in [0.15, 0.2) is 0 Å². The number of rotatable bonds is 6. The molecule has 0 amide bonds. The molecule has 0 unspecified atom stereocenters. The van der Waals surface area contributed by atoms with Crippen LogP contribution in [0.4, 0.5) is 4.39 Å². The fourth-order valence-corrected chi connectivity index (χ4v) is 2.21. The Kier molecular flexibility index (Phi) is 4.49. The molecule has 0 aliphatic rings. The van der Waals surface area contributed by atoms with Crippen molar-refractivity contribution in [3.8, 4) is 16.9 Å². The van der Waals surface area contributed by atoms with Gasteiger partial charge < -0.3 is 9.72 Å². The highest BCUT2D eigenvalue weighted by Gasteiger charge is 2.01. The number of halogens is 1. The Bertz CT molecular complexity index is 708. The molecule has 1 radical (unpaired) electrons. The summed E-state index contributed by atoms with van der Waals surface area (Å²) in [6, 6.07) is 15.1. The molecule has 2 aromatic carbocycles. The summed E-state index contributed by atoms with van der Waals surface area (Å²) in [5.41, 5.74) is 2.70. The highest BCUT2D eigenvalue weighted by molar-refractivity contribution is 5.63. The number of imidazole rings is 1. The van der Waals surface area contributed by atoms with Crippen LogP contribution in [0.5, 0.6) is 5.75 Å². The molecule has 1 N–H and O–H groups in total. The molecular formula is C18H16FN2O. The zero-order valence-electron chi connectivity index (χ0n) is 12.1. The van der Waals surface area contributed by atoms with E-state index in [1.165, 1.54) is 12.1 Å². The highest BCUT2D eigenvalue weighted by atomic mass is 19.1. The van der Waals surface area contributed by atoms with Crippen LogP contribution in [-0.4, -0.2) is 16.6 Å². The molecule has 0 aliphatic carbocycles. The number of aryl methyl sites for hydroxylation is 1. The Hall–Kier alpha value is -2.62. The Labute approximate surface area is 128 Å². The Morgan fingerprint density at radius 2 is 2.05 bits per heavy atom. The van der Waals surface area contributed by atoms with Gasteiger partial charge in [0.1, 0.15) is 11.6 Å². The number of benzene rings is 2. The van der Waals surface area contributed by atoms with Gasteiger partial charge in [0.25, 0.3) is 0 Å². The SMILES string of the molecule is Fc1cc[c]c(-c2ccc(OCCCc3c[nH]cn3)cc2)c1. The number of nitrogens with one attached hydrogen (secondary N) is 1. The van der Waals surface area contributed by atoms with Gasteiger partial charge in [-0.3, -0.25) is 0 Å². The summed E-state index contributed by atoms with van der Waals surface area (Å²) in [6.45, 7) is 0.637. The number of nitrogens with zero attached hydrogens (tertiary/aromatic N) is 1. The molecule has 3 aromatic rings. The molecule has 4 heteroatoms. The number of aromatic nitrogens is 2. The third-order valence-electron chi connectivity index (χ3n) is 3.33. The molecule has 0 bridgehead atoms. The quantitative estimate of drug-likeness (QED) is 0.697. The molecule has 3 rings (SSSR count). The normalized spacial score (nSPS) is 10.6. The monoisotopic (exact) mass is 295 g/mol. The van der Waals surface area contributed by atoms with Crippen molar-refractivity contribution in [2.75, 3.05) is 6.61 Å². The van der Waals surface area contributed by atoms with Gasteiger partial charge in [-0.1, -0.05) is 18.2 Å². The summed E-state index contributed by atoms with van der Waals surface area (Å²) in [4.78, 5) is 7.10. The summed E-state index contributed by atoms with van der Waals surface area (Å²) >= 11 is 0. The maximum atomic E-state index is 13.2. The predicted molar refractivity (Wildman–Crippen MR) is 83.1 cm³/mol. The Morgan fingerprint density at radius 3 is 2.77 bits per heavy atom. The van der Waals surface area contributed by atoms with E-state index in [0.717, 1.165) is 35.4 Å². The zero-order chi connectivity index (χ0) is 15.2. The van der Waals surface area contributed by atoms with Gasteiger partial charge in [-0.2, -0.15) is 0 Å².